The summed E-state index contributed by atoms with van der Waals surface area (Å²) in [7, 11) is -3.48. The molecule has 0 unspecified atom stereocenters. The minimum atomic E-state index is -3.48. The largest absolute Gasteiger partial charge is 0.386 e. The number of amidine groups is 1. The van der Waals surface area contributed by atoms with E-state index in [1.165, 1.54) is 0 Å². The second kappa shape index (κ2) is 6.93. The molecule has 17 heavy (non-hydrogen) atoms. The van der Waals surface area contributed by atoms with Crippen LogP contribution in [0.2, 0.25) is 0 Å². The van der Waals surface area contributed by atoms with Crippen molar-refractivity contribution in [2.75, 3.05) is 19.0 Å². The fraction of sp³-hybridized carbons (Fsp3) is 0.900. The van der Waals surface area contributed by atoms with Crippen LogP contribution in [0.15, 0.2) is 0 Å². The van der Waals surface area contributed by atoms with Crippen LogP contribution < -0.4 is 10.5 Å². The molecule has 0 atom stereocenters. The Kier molecular flexibility index (Phi) is 6.66. The van der Waals surface area contributed by atoms with Gasteiger partial charge in [0.05, 0.1) is 17.9 Å². The molecule has 0 aromatic carbocycles. The highest BCUT2D eigenvalue weighted by molar-refractivity contribution is 7.89. The molecule has 6 nitrogen and oxygen atoms in total. The summed E-state index contributed by atoms with van der Waals surface area (Å²) >= 11 is 0. The van der Waals surface area contributed by atoms with Gasteiger partial charge in [0.2, 0.25) is 10.0 Å². The lowest BCUT2D eigenvalue weighted by atomic mass is 9.93. The van der Waals surface area contributed by atoms with Crippen molar-refractivity contribution in [3.8, 4) is 0 Å². The average molecular weight is 265 g/mol. The number of rotatable bonds is 9. The molecule has 0 aliphatic carbocycles. The zero-order chi connectivity index (χ0) is 13.5. The zero-order valence-corrected chi connectivity index (χ0v) is 11.6. The highest BCUT2D eigenvalue weighted by Gasteiger charge is 2.34. The van der Waals surface area contributed by atoms with E-state index in [1.54, 1.807) is 20.8 Å². The summed E-state index contributed by atoms with van der Waals surface area (Å²) in [4.78, 5) is 0. The third-order valence-corrected chi connectivity index (χ3v) is 4.18. The predicted molar refractivity (Wildman–Crippen MR) is 68.6 cm³/mol. The fourth-order valence-corrected chi connectivity index (χ4v) is 2.93. The van der Waals surface area contributed by atoms with Gasteiger partial charge in [-0.05, 0) is 19.8 Å². The second-order valence-electron chi connectivity index (χ2n) is 3.82. The third kappa shape index (κ3) is 5.01. The van der Waals surface area contributed by atoms with Crippen molar-refractivity contribution in [1.82, 2.24) is 4.72 Å². The van der Waals surface area contributed by atoms with Crippen LogP contribution >= 0.6 is 0 Å². The molecule has 0 rings (SSSR count). The molecule has 0 saturated carbocycles. The third-order valence-electron chi connectivity index (χ3n) is 2.77. The van der Waals surface area contributed by atoms with Gasteiger partial charge in [0.25, 0.3) is 0 Å². The zero-order valence-electron chi connectivity index (χ0n) is 10.7. The van der Waals surface area contributed by atoms with E-state index < -0.39 is 15.6 Å². The van der Waals surface area contributed by atoms with Crippen molar-refractivity contribution in [1.29, 1.82) is 5.41 Å². The monoisotopic (exact) mass is 265 g/mol. The van der Waals surface area contributed by atoms with Crippen LogP contribution in [0, 0.1) is 5.41 Å². The lowest BCUT2D eigenvalue weighted by Gasteiger charge is -2.31. The Hall–Kier alpha value is -0.660. The number of hydrogen-bond acceptors (Lipinski definition) is 4. The summed E-state index contributed by atoms with van der Waals surface area (Å²) in [6.07, 6.45) is 0.902. The van der Waals surface area contributed by atoms with Gasteiger partial charge in [-0.2, -0.15) is 0 Å². The van der Waals surface area contributed by atoms with Crippen LogP contribution in [0.1, 0.15) is 33.6 Å². The first-order valence-electron chi connectivity index (χ1n) is 5.77. The molecule has 0 saturated heterocycles. The summed E-state index contributed by atoms with van der Waals surface area (Å²) in [6, 6.07) is 0. The molecule has 0 aromatic heterocycles. The number of hydrogen-bond donors (Lipinski definition) is 3. The highest BCUT2D eigenvalue weighted by Crippen LogP contribution is 2.16. The Morgan fingerprint density at radius 1 is 1.35 bits per heavy atom. The Balaban J connectivity index is 4.70. The maximum absolute atomic E-state index is 11.8. The number of sulfonamides is 1. The van der Waals surface area contributed by atoms with Crippen molar-refractivity contribution in [2.45, 2.75) is 39.2 Å². The van der Waals surface area contributed by atoms with Crippen LogP contribution in [-0.2, 0) is 14.8 Å². The highest BCUT2D eigenvalue weighted by atomic mass is 32.2. The minimum Gasteiger partial charge on any atom is -0.386 e. The van der Waals surface area contributed by atoms with Gasteiger partial charge >= 0.3 is 0 Å². The molecule has 0 fully saturated rings. The van der Waals surface area contributed by atoms with E-state index in [0.29, 0.717) is 19.4 Å². The van der Waals surface area contributed by atoms with Gasteiger partial charge in [-0.25, -0.2) is 13.1 Å². The van der Waals surface area contributed by atoms with Gasteiger partial charge in [0, 0.05) is 6.61 Å². The van der Waals surface area contributed by atoms with Crippen LogP contribution in [-0.4, -0.2) is 38.8 Å². The summed E-state index contributed by atoms with van der Waals surface area (Å²) in [5.41, 5.74) is 4.51. The normalized spacial score (nSPS) is 12.6. The van der Waals surface area contributed by atoms with Gasteiger partial charge in [0.15, 0.2) is 0 Å². The topological polar surface area (TPSA) is 105 Å². The maximum Gasteiger partial charge on any atom is 0.214 e. The van der Waals surface area contributed by atoms with Crippen LogP contribution in [0.4, 0.5) is 0 Å². The SMILES string of the molecule is CCOCCS(=O)(=O)NC(CC)(CC)C(=N)N. The van der Waals surface area contributed by atoms with Gasteiger partial charge in [0.1, 0.15) is 5.84 Å². The number of nitrogens with two attached hydrogens (primary N) is 1. The first kappa shape index (κ1) is 16.3. The Morgan fingerprint density at radius 3 is 2.24 bits per heavy atom. The molecular weight excluding hydrogens is 242 g/mol. The van der Waals surface area contributed by atoms with E-state index in [2.05, 4.69) is 4.72 Å². The Morgan fingerprint density at radius 2 is 1.88 bits per heavy atom. The van der Waals surface area contributed by atoms with Crippen molar-refractivity contribution < 1.29 is 13.2 Å². The molecule has 0 heterocycles. The molecule has 0 aromatic rings. The summed E-state index contributed by atoms with van der Waals surface area (Å²) in [6.45, 7) is 6.03. The molecule has 0 aliphatic rings. The molecule has 0 aliphatic heterocycles. The molecule has 0 amide bonds. The quantitative estimate of drug-likeness (QED) is 0.319. The molecule has 0 radical (unpaired) electrons. The van der Waals surface area contributed by atoms with Crippen LogP contribution in [0.3, 0.4) is 0 Å². The first-order valence-corrected chi connectivity index (χ1v) is 7.42. The lowest BCUT2D eigenvalue weighted by Crippen LogP contribution is -2.57. The fourth-order valence-electron chi connectivity index (χ4n) is 1.49. The van der Waals surface area contributed by atoms with Gasteiger partial charge in [-0.3, -0.25) is 5.41 Å². The first-order chi connectivity index (χ1) is 7.83. The molecule has 7 heteroatoms. The minimum absolute atomic E-state index is 0.115. The average Bonchev–Trinajstić information content (AvgIpc) is 2.26. The Bertz CT molecular complexity index is 337. The van der Waals surface area contributed by atoms with Gasteiger partial charge in [-0.15, -0.1) is 0 Å². The lowest BCUT2D eigenvalue weighted by molar-refractivity contribution is 0.163. The van der Waals surface area contributed by atoms with Crippen molar-refractivity contribution in [3.05, 3.63) is 0 Å². The smallest absolute Gasteiger partial charge is 0.214 e. The Labute approximate surface area is 103 Å². The molecule has 0 spiro atoms. The molecule has 0 bridgehead atoms. The van der Waals surface area contributed by atoms with E-state index in [0.717, 1.165) is 0 Å². The molecule has 102 valence electrons. The standard InChI is InChI=1S/C10H23N3O3S/c1-4-10(5-2,9(11)12)13-17(14,15)8-7-16-6-3/h13H,4-8H2,1-3H3,(H3,11,12). The second-order valence-corrected chi connectivity index (χ2v) is 5.66. The van der Waals surface area contributed by atoms with Crippen molar-refractivity contribution in [3.63, 3.8) is 0 Å². The maximum atomic E-state index is 11.8. The predicted octanol–water partition coefficient (Wildman–Crippen LogP) is 0.437. The van der Waals surface area contributed by atoms with Crippen molar-refractivity contribution >= 4 is 15.9 Å². The van der Waals surface area contributed by atoms with E-state index >= 15 is 0 Å². The molecular formula is C10H23N3O3S. The van der Waals surface area contributed by atoms with E-state index in [9.17, 15) is 8.42 Å². The van der Waals surface area contributed by atoms with E-state index in [1.807, 2.05) is 0 Å². The summed E-state index contributed by atoms with van der Waals surface area (Å²) < 4.78 is 31.1. The summed E-state index contributed by atoms with van der Waals surface area (Å²) in [5.74, 6) is -0.266. The van der Waals surface area contributed by atoms with Gasteiger partial charge in [-0.1, -0.05) is 13.8 Å². The number of ether oxygens (including phenoxy) is 1. The van der Waals surface area contributed by atoms with Crippen LogP contribution in [0.25, 0.3) is 0 Å². The summed E-state index contributed by atoms with van der Waals surface area (Å²) in [5, 5.41) is 7.51. The van der Waals surface area contributed by atoms with E-state index in [4.69, 9.17) is 15.9 Å². The van der Waals surface area contributed by atoms with Gasteiger partial charge < -0.3 is 10.5 Å². The number of nitrogens with one attached hydrogen (secondary N) is 2. The van der Waals surface area contributed by atoms with Crippen molar-refractivity contribution in [2.24, 2.45) is 5.73 Å². The van der Waals surface area contributed by atoms with E-state index in [-0.39, 0.29) is 18.2 Å². The van der Waals surface area contributed by atoms with Crippen LogP contribution in [0.5, 0.6) is 0 Å². The molecule has 4 N–H and O–H groups in total.